The Balaban J connectivity index is 1.53. The molecular formula is C17H18N2OS. The van der Waals surface area contributed by atoms with Gasteiger partial charge in [0.1, 0.15) is 12.4 Å². The molecule has 0 spiro atoms. The van der Waals surface area contributed by atoms with E-state index in [1.165, 1.54) is 10.5 Å². The fourth-order valence-corrected chi connectivity index (χ4v) is 3.68. The summed E-state index contributed by atoms with van der Waals surface area (Å²) in [4.78, 5) is 1.38. The minimum atomic E-state index is 0.184. The molecule has 0 aromatic heterocycles. The second kappa shape index (κ2) is 6.22. The van der Waals surface area contributed by atoms with Crippen LogP contribution in [0.3, 0.4) is 0 Å². The van der Waals surface area contributed by atoms with Crippen LogP contribution in [0.1, 0.15) is 11.1 Å². The molecule has 4 heteroatoms. The van der Waals surface area contributed by atoms with Gasteiger partial charge in [-0.15, -0.1) is 11.8 Å². The Kier molecular flexibility index (Phi) is 4.15. The average molecular weight is 298 g/mol. The van der Waals surface area contributed by atoms with Gasteiger partial charge in [-0.1, -0.05) is 30.3 Å². The summed E-state index contributed by atoms with van der Waals surface area (Å²) in [6.07, 6.45) is 1.57. The quantitative estimate of drug-likeness (QED) is 0.658. The number of fused-ring (bicyclic) bond motifs is 1. The summed E-state index contributed by atoms with van der Waals surface area (Å²) in [5, 5.41) is 7.77. The van der Waals surface area contributed by atoms with Crippen molar-refractivity contribution in [1.29, 1.82) is 5.41 Å². The van der Waals surface area contributed by atoms with Gasteiger partial charge in [0.15, 0.2) is 0 Å². The zero-order chi connectivity index (χ0) is 14.7. The second-order valence-corrected chi connectivity index (χ2v) is 6.55. The Bertz CT molecular complexity index is 614. The number of benzene rings is 2. The molecule has 3 N–H and O–H groups in total. The minimum Gasteiger partial charge on any atom is -0.492 e. The smallest absolute Gasteiger partial charge is 0.119 e. The second-order valence-electron chi connectivity index (χ2n) is 5.21. The van der Waals surface area contributed by atoms with Gasteiger partial charge in [-0.2, -0.15) is 0 Å². The summed E-state index contributed by atoms with van der Waals surface area (Å²) in [6, 6.07) is 16.4. The third kappa shape index (κ3) is 3.58. The van der Waals surface area contributed by atoms with Gasteiger partial charge in [0, 0.05) is 16.6 Å². The summed E-state index contributed by atoms with van der Waals surface area (Å²) in [7, 11) is 0. The van der Waals surface area contributed by atoms with Crippen molar-refractivity contribution in [2.75, 3.05) is 6.61 Å². The highest BCUT2D eigenvalue weighted by molar-refractivity contribution is 8.00. The van der Waals surface area contributed by atoms with Crippen LogP contribution in [0.15, 0.2) is 53.4 Å². The Hall–Kier alpha value is -1.94. The van der Waals surface area contributed by atoms with Crippen LogP contribution in [-0.2, 0) is 12.8 Å². The molecule has 0 saturated carbocycles. The first kappa shape index (κ1) is 14.0. The van der Waals surface area contributed by atoms with E-state index in [9.17, 15) is 0 Å². The maximum Gasteiger partial charge on any atom is 0.119 e. The van der Waals surface area contributed by atoms with Gasteiger partial charge in [-0.3, -0.25) is 5.41 Å². The molecule has 1 aliphatic rings. The number of hydrogen-bond acceptors (Lipinski definition) is 3. The van der Waals surface area contributed by atoms with E-state index < -0.39 is 0 Å². The molecule has 0 fully saturated rings. The molecule has 1 aliphatic heterocycles. The number of amidine groups is 1. The van der Waals surface area contributed by atoms with Gasteiger partial charge >= 0.3 is 0 Å². The summed E-state index contributed by atoms with van der Waals surface area (Å²) in [6.45, 7) is 0.714. The highest BCUT2D eigenvalue weighted by Crippen LogP contribution is 2.36. The molecule has 0 radical (unpaired) electrons. The van der Waals surface area contributed by atoms with E-state index in [1.807, 2.05) is 36.0 Å². The summed E-state index contributed by atoms with van der Waals surface area (Å²) in [5.41, 5.74) is 7.86. The van der Waals surface area contributed by atoms with Crippen molar-refractivity contribution in [2.24, 2.45) is 5.73 Å². The van der Waals surface area contributed by atoms with Crippen molar-refractivity contribution in [3.8, 4) is 5.75 Å². The molecule has 3 nitrogen and oxygen atoms in total. The van der Waals surface area contributed by atoms with Crippen LogP contribution in [0.2, 0.25) is 0 Å². The lowest BCUT2D eigenvalue weighted by atomic mass is 10.1. The summed E-state index contributed by atoms with van der Waals surface area (Å²) in [5.74, 6) is 1.06. The van der Waals surface area contributed by atoms with Crippen molar-refractivity contribution in [3.63, 3.8) is 0 Å². The predicted octanol–water partition coefficient (Wildman–Crippen LogP) is 3.26. The fraction of sp³-hybridized carbons (Fsp3) is 0.235. The molecule has 108 valence electrons. The zero-order valence-electron chi connectivity index (χ0n) is 11.7. The molecule has 0 bridgehead atoms. The van der Waals surface area contributed by atoms with Crippen LogP contribution in [0.25, 0.3) is 0 Å². The predicted molar refractivity (Wildman–Crippen MR) is 87.3 cm³/mol. The van der Waals surface area contributed by atoms with Crippen LogP contribution < -0.4 is 10.5 Å². The topological polar surface area (TPSA) is 59.1 Å². The molecule has 1 unspecified atom stereocenters. The van der Waals surface area contributed by atoms with Crippen molar-refractivity contribution >= 4 is 17.6 Å². The number of nitrogens with one attached hydrogen (secondary N) is 1. The van der Waals surface area contributed by atoms with Crippen LogP contribution >= 0.6 is 11.8 Å². The molecule has 1 heterocycles. The van der Waals surface area contributed by atoms with Crippen LogP contribution in [-0.4, -0.2) is 17.7 Å². The molecule has 0 amide bonds. The zero-order valence-corrected chi connectivity index (χ0v) is 12.5. The monoisotopic (exact) mass is 298 g/mol. The Labute approximate surface area is 129 Å². The van der Waals surface area contributed by atoms with Crippen molar-refractivity contribution in [3.05, 3.63) is 59.7 Å². The van der Waals surface area contributed by atoms with Crippen LogP contribution in [0.5, 0.6) is 5.75 Å². The maximum atomic E-state index is 7.29. The van der Waals surface area contributed by atoms with Gasteiger partial charge in [-0.05, 0) is 35.7 Å². The standard InChI is InChI=1S/C17H18N2OS/c18-17(19)9-12-5-7-14(8-6-12)20-11-15-10-13-3-1-2-4-16(13)21-15/h1-8,15H,9-11H2,(H3,18,19). The van der Waals surface area contributed by atoms with Gasteiger partial charge < -0.3 is 10.5 Å². The van der Waals surface area contributed by atoms with E-state index in [-0.39, 0.29) is 5.84 Å². The first-order valence-electron chi connectivity index (χ1n) is 7.00. The van der Waals surface area contributed by atoms with E-state index in [2.05, 4.69) is 24.3 Å². The highest BCUT2D eigenvalue weighted by Gasteiger charge is 2.22. The van der Waals surface area contributed by atoms with Crippen molar-refractivity contribution in [1.82, 2.24) is 0 Å². The number of thioether (sulfide) groups is 1. The van der Waals surface area contributed by atoms with Gasteiger partial charge in [-0.25, -0.2) is 0 Å². The molecule has 2 aromatic carbocycles. The minimum absolute atomic E-state index is 0.184. The molecule has 1 atom stereocenters. The first-order chi connectivity index (χ1) is 10.2. The lowest BCUT2D eigenvalue weighted by Crippen LogP contribution is -2.14. The number of rotatable bonds is 5. The van der Waals surface area contributed by atoms with Crippen molar-refractivity contribution < 1.29 is 4.74 Å². The number of ether oxygens (including phenoxy) is 1. The third-order valence-corrected chi connectivity index (χ3v) is 4.76. The summed E-state index contributed by atoms with van der Waals surface area (Å²) < 4.78 is 5.88. The lowest BCUT2D eigenvalue weighted by molar-refractivity contribution is 0.317. The van der Waals surface area contributed by atoms with E-state index >= 15 is 0 Å². The average Bonchev–Trinajstić information content (AvgIpc) is 2.89. The molecular weight excluding hydrogens is 280 g/mol. The van der Waals surface area contributed by atoms with E-state index in [0.717, 1.165) is 17.7 Å². The van der Waals surface area contributed by atoms with Gasteiger partial charge in [0.2, 0.25) is 0 Å². The van der Waals surface area contributed by atoms with Gasteiger partial charge in [0.25, 0.3) is 0 Å². The van der Waals surface area contributed by atoms with Crippen molar-refractivity contribution in [2.45, 2.75) is 23.0 Å². The molecule has 3 rings (SSSR count). The Morgan fingerprint density at radius 2 is 1.95 bits per heavy atom. The largest absolute Gasteiger partial charge is 0.492 e. The number of hydrogen-bond donors (Lipinski definition) is 2. The SMILES string of the molecule is N=C(N)Cc1ccc(OCC2Cc3ccccc3S2)cc1. The molecule has 21 heavy (non-hydrogen) atoms. The lowest BCUT2D eigenvalue weighted by Gasteiger charge is -2.11. The molecule has 2 aromatic rings. The fourth-order valence-electron chi connectivity index (χ4n) is 2.46. The molecule has 0 aliphatic carbocycles. The maximum absolute atomic E-state index is 7.29. The normalized spacial score (nSPS) is 16.5. The Morgan fingerprint density at radius 1 is 1.19 bits per heavy atom. The van der Waals surface area contributed by atoms with E-state index in [0.29, 0.717) is 18.3 Å². The van der Waals surface area contributed by atoms with E-state index in [4.69, 9.17) is 15.9 Å². The third-order valence-electron chi connectivity index (χ3n) is 3.47. The van der Waals surface area contributed by atoms with Crippen LogP contribution in [0, 0.1) is 5.41 Å². The van der Waals surface area contributed by atoms with E-state index in [1.54, 1.807) is 0 Å². The Morgan fingerprint density at radius 3 is 2.67 bits per heavy atom. The number of nitrogens with two attached hydrogens (primary N) is 1. The summed E-state index contributed by atoms with van der Waals surface area (Å²) >= 11 is 1.90. The first-order valence-corrected chi connectivity index (χ1v) is 7.88. The van der Waals surface area contributed by atoms with Gasteiger partial charge in [0.05, 0.1) is 5.84 Å². The van der Waals surface area contributed by atoms with Crippen LogP contribution in [0.4, 0.5) is 0 Å². The molecule has 0 saturated heterocycles. The highest BCUT2D eigenvalue weighted by atomic mass is 32.2.